The Morgan fingerprint density at radius 1 is 0.688 bits per heavy atom. The van der Waals surface area contributed by atoms with Gasteiger partial charge in [0.1, 0.15) is 0 Å². The first-order valence-electron chi connectivity index (χ1n) is 5.27. The van der Waals surface area contributed by atoms with Gasteiger partial charge in [-0.25, -0.2) is 0 Å². The predicted octanol–water partition coefficient (Wildman–Crippen LogP) is 2.97. The molecular weight excluding hydrogens is 263 g/mol. The van der Waals surface area contributed by atoms with E-state index in [4.69, 9.17) is 0 Å². The standard InChI is InChI=1S/C14H14OSe/c15-16(11-13-7-3-1-4-8-13)12-14-9-5-2-6-10-14/h1-10H,11-12H2. The van der Waals surface area contributed by atoms with Crippen molar-refractivity contribution in [2.45, 2.75) is 10.6 Å². The second kappa shape index (κ2) is 5.74. The molecule has 82 valence electrons. The third-order valence-electron chi connectivity index (χ3n) is 2.34. The summed E-state index contributed by atoms with van der Waals surface area (Å²) in [4.78, 5) is 0. The molecule has 16 heavy (non-hydrogen) atoms. The quantitative estimate of drug-likeness (QED) is 0.785. The topological polar surface area (TPSA) is 17.1 Å². The molecule has 2 heteroatoms. The number of hydrogen-bond donors (Lipinski definition) is 0. The van der Waals surface area contributed by atoms with Gasteiger partial charge in [0.15, 0.2) is 0 Å². The average molecular weight is 277 g/mol. The van der Waals surface area contributed by atoms with E-state index in [1.807, 2.05) is 60.7 Å². The Morgan fingerprint density at radius 2 is 1.06 bits per heavy atom. The van der Waals surface area contributed by atoms with E-state index in [1.165, 1.54) is 11.1 Å². The minimum atomic E-state index is -1.77. The van der Waals surface area contributed by atoms with E-state index in [1.54, 1.807) is 0 Å². The van der Waals surface area contributed by atoms with Gasteiger partial charge in [-0.2, -0.15) is 0 Å². The van der Waals surface area contributed by atoms with E-state index in [-0.39, 0.29) is 0 Å². The Kier molecular flexibility index (Phi) is 4.03. The van der Waals surface area contributed by atoms with Crippen LogP contribution in [0.15, 0.2) is 60.7 Å². The zero-order chi connectivity index (χ0) is 11.2. The number of hydrogen-bond acceptors (Lipinski definition) is 1. The molecule has 0 aromatic heterocycles. The van der Waals surface area contributed by atoms with Crippen LogP contribution in [0.25, 0.3) is 0 Å². The molecular formula is C14H14OSe. The van der Waals surface area contributed by atoms with Crippen LogP contribution in [0.3, 0.4) is 0 Å². The Hall–Kier alpha value is -1.24. The number of benzene rings is 2. The molecule has 2 aromatic rings. The molecule has 2 rings (SSSR count). The maximum atomic E-state index is 12.0. The molecule has 0 spiro atoms. The van der Waals surface area contributed by atoms with Gasteiger partial charge in [0.2, 0.25) is 0 Å². The van der Waals surface area contributed by atoms with E-state index in [0.717, 1.165) is 10.6 Å². The number of rotatable bonds is 4. The third kappa shape index (κ3) is 3.41. The first-order chi connectivity index (χ1) is 7.84. The monoisotopic (exact) mass is 278 g/mol. The van der Waals surface area contributed by atoms with Gasteiger partial charge in [0.05, 0.1) is 0 Å². The molecule has 0 bridgehead atoms. The van der Waals surface area contributed by atoms with Gasteiger partial charge in [0.25, 0.3) is 0 Å². The fraction of sp³-hybridized carbons (Fsp3) is 0.143. The molecule has 0 radical (unpaired) electrons. The summed E-state index contributed by atoms with van der Waals surface area (Å²) in [5.74, 6) is 0. The molecule has 1 nitrogen and oxygen atoms in total. The molecule has 0 saturated heterocycles. The summed E-state index contributed by atoms with van der Waals surface area (Å²) in [6, 6.07) is 20.1. The van der Waals surface area contributed by atoms with Crippen molar-refractivity contribution in [3.63, 3.8) is 0 Å². The summed E-state index contributed by atoms with van der Waals surface area (Å²) in [6.45, 7) is 0. The maximum absolute atomic E-state index is 12.0. The molecule has 0 N–H and O–H groups in total. The van der Waals surface area contributed by atoms with Crippen molar-refractivity contribution >= 4 is 13.8 Å². The van der Waals surface area contributed by atoms with Gasteiger partial charge in [-0.1, -0.05) is 0 Å². The predicted molar refractivity (Wildman–Crippen MR) is 66.7 cm³/mol. The molecule has 0 unspecified atom stereocenters. The first-order valence-corrected chi connectivity index (χ1v) is 8.39. The second-order valence-corrected chi connectivity index (χ2v) is 6.76. The van der Waals surface area contributed by atoms with Gasteiger partial charge in [-0.15, -0.1) is 0 Å². The molecule has 2 aromatic carbocycles. The third-order valence-corrected chi connectivity index (χ3v) is 5.09. The van der Waals surface area contributed by atoms with Crippen molar-refractivity contribution in [2.24, 2.45) is 0 Å². The van der Waals surface area contributed by atoms with Crippen molar-refractivity contribution in [1.29, 1.82) is 0 Å². The molecule has 0 amide bonds. The van der Waals surface area contributed by atoms with Crippen LogP contribution in [0.4, 0.5) is 0 Å². The van der Waals surface area contributed by atoms with Crippen LogP contribution < -0.4 is 0 Å². The van der Waals surface area contributed by atoms with Crippen molar-refractivity contribution in [2.75, 3.05) is 0 Å². The van der Waals surface area contributed by atoms with Crippen molar-refractivity contribution in [1.82, 2.24) is 0 Å². The summed E-state index contributed by atoms with van der Waals surface area (Å²) in [6.07, 6.45) is 0. The normalized spacial score (nSPS) is 10.6. The van der Waals surface area contributed by atoms with Gasteiger partial charge >= 0.3 is 100 Å². The second-order valence-electron chi connectivity index (χ2n) is 3.70. The van der Waals surface area contributed by atoms with Gasteiger partial charge in [-0.3, -0.25) is 0 Å². The van der Waals surface area contributed by atoms with E-state index in [0.29, 0.717) is 0 Å². The minimum absolute atomic E-state index is 0.732. The summed E-state index contributed by atoms with van der Waals surface area (Å²) >= 11 is -1.77. The molecule has 0 aliphatic carbocycles. The van der Waals surface area contributed by atoms with Crippen LogP contribution in [-0.2, 0) is 14.5 Å². The Labute approximate surface area is 100 Å². The van der Waals surface area contributed by atoms with Crippen LogP contribution in [0.5, 0.6) is 0 Å². The van der Waals surface area contributed by atoms with Crippen LogP contribution in [0, 0.1) is 0 Å². The summed E-state index contributed by atoms with van der Waals surface area (Å²) in [7, 11) is 0. The molecule has 0 heterocycles. The molecule has 0 aliphatic rings. The molecule has 0 fully saturated rings. The van der Waals surface area contributed by atoms with E-state index >= 15 is 0 Å². The van der Waals surface area contributed by atoms with E-state index in [2.05, 4.69) is 0 Å². The zero-order valence-electron chi connectivity index (χ0n) is 9.00. The van der Waals surface area contributed by atoms with Crippen LogP contribution in [0.2, 0.25) is 0 Å². The van der Waals surface area contributed by atoms with Crippen molar-refractivity contribution in [3.05, 3.63) is 71.8 Å². The average Bonchev–Trinajstić information content (AvgIpc) is 2.31. The van der Waals surface area contributed by atoms with Crippen molar-refractivity contribution < 1.29 is 3.83 Å². The zero-order valence-corrected chi connectivity index (χ0v) is 10.7. The van der Waals surface area contributed by atoms with Crippen LogP contribution in [-0.4, -0.2) is 13.8 Å². The fourth-order valence-electron chi connectivity index (χ4n) is 1.57. The Bertz CT molecular complexity index is 407. The molecule has 0 saturated carbocycles. The SMILES string of the molecule is O=[Se](Cc1ccccc1)Cc1ccccc1. The molecule has 0 aliphatic heterocycles. The van der Waals surface area contributed by atoms with Crippen LogP contribution >= 0.6 is 0 Å². The first kappa shape index (κ1) is 11.3. The van der Waals surface area contributed by atoms with E-state index in [9.17, 15) is 3.83 Å². The molecule has 0 atom stereocenters. The Morgan fingerprint density at radius 3 is 1.44 bits per heavy atom. The van der Waals surface area contributed by atoms with Crippen LogP contribution in [0.1, 0.15) is 11.1 Å². The summed E-state index contributed by atoms with van der Waals surface area (Å²) in [5.41, 5.74) is 2.36. The van der Waals surface area contributed by atoms with Gasteiger partial charge in [-0.05, 0) is 0 Å². The van der Waals surface area contributed by atoms with Gasteiger partial charge < -0.3 is 0 Å². The summed E-state index contributed by atoms with van der Waals surface area (Å²) in [5, 5.41) is 1.46. The van der Waals surface area contributed by atoms with E-state index < -0.39 is 13.8 Å². The Balaban J connectivity index is 1.95. The van der Waals surface area contributed by atoms with Gasteiger partial charge in [0, 0.05) is 0 Å². The fourth-order valence-corrected chi connectivity index (χ4v) is 4.15. The van der Waals surface area contributed by atoms with Crippen molar-refractivity contribution in [3.8, 4) is 0 Å². The summed E-state index contributed by atoms with van der Waals surface area (Å²) < 4.78 is 12.0.